The number of pyridine rings is 1. The largest absolute Gasteiger partial charge is 0.462 e. The van der Waals surface area contributed by atoms with Gasteiger partial charge < -0.3 is 9.30 Å². The van der Waals surface area contributed by atoms with E-state index >= 15 is 0 Å². The highest BCUT2D eigenvalue weighted by Gasteiger charge is 2.29. The number of hydrogen-bond acceptors (Lipinski definition) is 5. The minimum absolute atomic E-state index is 0.101. The normalized spacial score (nSPS) is 10.9. The predicted molar refractivity (Wildman–Crippen MR) is 97.0 cm³/mol. The van der Waals surface area contributed by atoms with Crippen molar-refractivity contribution < 1.29 is 27.6 Å². The van der Waals surface area contributed by atoms with Crippen LogP contribution in [0.3, 0.4) is 0 Å². The smallest absolute Gasteiger partial charge is 0.343 e. The van der Waals surface area contributed by atoms with E-state index in [9.17, 15) is 32.9 Å². The molecule has 11 heteroatoms. The van der Waals surface area contributed by atoms with Crippen LogP contribution in [0, 0.1) is 27.6 Å². The highest BCUT2D eigenvalue weighted by atomic mass is 35.5. The molecule has 0 radical (unpaired) electrons. The molecule has 29 heavy (non-hydrogen) atoms. The quantitative estimate of drug-likeness (QED) is 0.355. The zero-order chi connectivity index (χ0) is 21.5. The number of carbonyl (C=O) groups excluding carboxylic acids is 1. The number of esters is 1. The Morgan fingerprint density at radius 3 is 2.52 bits per heavy atom. The van der Waals surface area contributed by atoms with Gasteiger partial charge in [-0.2, -0.15) is 0 Å². The number of fused-ring (bicyclic) bond motifs is 1. The van der Waals surface area contributed by atoms with Crippen molar-refractivity contribution in [3.8, 4) is 5.69 Å². The van der Waals surface area contributed by atoms with Gasteiger partial charge >= 0.3 is 11.7 Å². The first-order valence-corrected chi connectivity index (χ1v) is 8.39. The molecule has 3 aromatic rings. The van der Waals surface area contributed by atoms with Gasteiger partial charge in [-0.1, -0.05) is 11.6 Å². The van der Waals surface area contributed by atoms with Gasteiger partial charge in [-0.3, -0.25) is 14.9 Å². The van der Waals surface area contributed by atoms with Crippen LogP contribution >= 0.6 is 11.6 Å². The average Bonchev–Trinajstić information content (AvgIpc) is 2.64. The van der Waals surface area contributed by atoms with Crippen molar-refractivity contribution in [2.45, 2.75) is 6.92 Å². The highest BCUT2D eigenvalue weighted by Crippen LogP contribution is 2.36. The van der Waals surface area contributed by atoms with Crippen LogP contribution < -0.4 is 5.43 Å². The lowest BCUT2D eigenvalue weighted by Gasteiger charge is -2.15. The number of hydrogen-bond donors (Lipinski definition) is 0. The van der Waals surface area contributed by atoms with Crippen LogP contribution in [0.5, 0.6) is 0 Å². The topological polar surface area (TPSA) is 91.4 Å². The van der Waals surface area contributed by atoms with Gasteiger partial charge in [0.2, 0.25) is 5.43 Å². The molecule has 0 N–H and O–H groups in total. The lowest BCUT2D eigenvalue weighted by atomic mass is 10.1. The molecule has 150 valence electrons. The summed E-state index contributed by atoms with van der Waals surface area (Å²) >= 11 is 5.72. The number of nitro benzene ring substituents is 1. The second-order valence-electron chi connectivity index (χ2n) is 5.73. The van der Waals surface area contributed by atoms with Crippen molar-refractivity contribution in [2.75, 3.05) is 6.61 Å². The maximum Gasteiger partial charge on any atom is 0.343 e. The minimum Gasteiger partial charge on any atom is -0.462 e. The zero-order valence-corrected chi connectivity index (χ0v) is 15.3. The molecule has 1 heterocycles. The lowest BCUT2D eigenvalue weighted by molar-refractivity contribution is -0.383. The number of nitro groups is 1. The van der Waals surface area contributed by atoms with Gasteiger partial charge in [-0.15, -0.1) is 0 Å². The van der Waals surface area contributed by atoms with E-state index in [4.69, 9.17) is 16.3 Å². The van der Waals surface area contributed by atoms with Crippen LogP contribution in [0.1, 0.15) is 17.3 Å². The summed E-state index contributed by atoms with van der Waals surface area (Å²) in [5.41, 5.74) is -3.72. The number of halogens is 4. The molecule has 7 nitrogen and oxygen atoms in total. The molecule has 2 aromatic carbocycles. The average molecular weight is 427 g/mol. The molecule has 0 saturated carbocycles. The molecule has 0 unspecified atom stereocenters. The summed E-state index contributed by atoms with van der Waals surface area (Å²) in [6.07, 6.45) is 0.806. The van der Waals surface area contributed by atoms with Crippen LogP contribution in [-0.4, -0.2) is 22.1 Å². The fourth-order valence-corrected chi connectivity index (χ4v) is 3.02. The maximum absolute atomic E-state index is 14.4. The number of aromatic nitrogens is 1. The molecular formula is C18H10ClF3N2O5. The minimum atomic E-state index is -1.28. The van der Waals surface area contributed by atoms with E-state index in [0.29, 0.717) is 12.1 Å². The second kappa shape index (κ2) is 7.55. The first kappa shape index (κ1) is 20.3. The van der Waals surface area contributed by atoms with Gasteiger partial charge in [-0.05, 0) is 25.1 Å². The molecule has 0 saturated heterocycles. The van der Waals surface area contributed by atoms with E-state index in [1.807, 2.05) is 0 Å². The van der Waals surface area contributed by atoms with E-state index in [1.54, 1.807) is 0 Å². The molecule has 0 atom stereocenters. The third-order valence-corrected chi connectivity index (χ3v) is 4.36. The van der Waals surface area contributed by atoms with Crippen molar-refractivity contribution in [2.24, 2.45) is 0 Å². The van der Waals surface area contributed by atoms with E-state index in [-0.39, 0.29) is 6.61 Å². The first-order valence-electron chi connectivity index (χ1n) is 8.01. The molecule has 0 amide bonds. The van der Waals surface area contributed by atoms with Gasteiger partial charge in [0.05, 0.1) is 22.6 Å². The van der Waals surface area contributed by atoms with Crippen molar-refractivity contribution >= 4 is 34.2 Å². The van der Waals surface area contributed by atoms with Crippen molar-refractivity contribution in [3.05, 3.63) is 78.8 Å². The third-order valence-electron chi connectivity index (χ3n) is 4.00. The fourth-order valence-electron chi connectivity index (χ4n) is 2.80. The molecule has 0 fully saturated rings. The summed E-state index contributed by atoms with van der Waals surface area (Å²) in [4.78, 5) is 35.4. The predicted octanol–water partition coefficient (Wildman–Crippen LogP) is 4.15. The highest BCUT2D eigenvalue weighted by molar-refractivity contribution is 6.34. The molecule has 3 rings (SSSR count). The van der Waals surface area contributed by atoms with Gasteiger partial charge in [-0.25, -0.2) is 18.0 Å². The number of nitrogens with zero attached hydrogens (tertiary/aromatic N) is 2. The lowest BCUT2D eigenvalue weighted by Crippen LogP contribution is -2.21. The van der Waals surface area contributed by atoms with Crippen molar-refractivity contribution in [1.29, 1.82) is 0 Å². The number of carbonyl (C=O) groups is 1. The Morgan fingerprint density at radius 1 is 1.24 bits per heavy atom. The Morgan fingerprint density at radius 2 is 1.93 bits per heavy atom. The standard InChI is InChI=1S/C18H10ClF3N2O5/c1-2-29-18(26)10-7-23(13-4-3-8(20)5-11(13)21)15-9(17(10)25)6-12(22)14(19)16(15)24(27)28/h3-7H,2H2,1H3. The van der Waals surface area contributed by atoms with Crippen LogP contribution in [0.25, 0.3) is 16.6 Å². The number of ether oxygens (including phenoxy) is 1. The van der Waals surface area contributed by atoms with E-state index in [0.717, 1.165) is 22.9 Å². The zero-order valence-electron chi connectivity index (χ0n) is 14.5. The van der Waals surface area contributed by atoms with Crippen LogP contribution in [-0.2, 0) is 4.74 Å². The molecule has 0 aliphatic carbocycles. The maximum atomic E-state index is 14.4. The van der Waals surface area contributed by atoms with E-state index in [2.05, 4.69) is 0 Å². The van der Waals surface area contributed by atoms with E-state index < -0.39 is 66.6 Å². The molecular weight excluding hydrogens is 417 g/mol. The SMILES string of the molecule is CCOC(=O)c1cn(-c2ccc(F)cc2F)c2c([N+](=O)[O-])c(Cl)c(F)cc2c1=O. The second-order valence-corrected chi connectivity index (χ2v) is 6.11. The van der Waals surface area contributed by atoms with Gasteiger partial charge in [0.25, 0.3) is 0 Å². The summed E-state index contributed by atoms with van der Waals surface area (Å²) in [7, 11) is 0. The summed E-state index contributed by atoms with van der Waals surface area (Å²) < 4.78 is 47.5. The summed E-state index contributed by atoms with van der Waals surface area (Å²) in [5.74, 6) is -4.47. The van der Waals surface area contributed by atoms with Crippen LogP contribution in [0.4, 0.5) is 18.9 Å². The Balaban J connectivity index is 2.58. The molecule has 0 aliphatic rings. The molecule has 1 aromatic heterocycles. The van der Waals surface area contributed by atoms with E-state index in [1.165, 1.54) is 6.92 Å². The van der Waals surface area contributed by atoms with Gasteiger partial charge in [0.15, 0.2) is 5.02 Å². The summed E-state index contributed by atoms with van der Waals surface area (Å²) in [6.45, 7) is 1.37. The van der Waals surface area contributed by atoms with Crippen LogP contribution in [0.15, 0.2) is 35.3 Å². The van der Waals surface area contributed by atoms with Crippen molar-refractivity contribution in [3.63, 3.8) is 0 Å². The van der Waals surface area contributed by atoms with Crippen LogP contribution in [0.2, 0.25) is 5.02 Å². The Kier molecular flexibility index (Phi) is 5.29. The number of benzene rings is 2. The Labute approximate surface area is 165 Å². The molecule has 0 spiro atoms. The molecule has 0 aliphatic heterocycles. The van der Waals surface area contributed by atoms with Crippen molar-refractivity contribution in [1.82, 2.24) is 4.57 Å². The van der Waals surface area contributed by atoms with Gasteiger partial charge in [0.1, 0.15) is 28.5 Å². The number of rotatable bonds is 4. The Bertz CT molecular complexity index is 1240. The monoisotopic (exact) mass is 426 g/mol. The van der Waals surface area contributed by atoms with Gasteiger partial charge in [0, 0.05) is 12.3 Å². The summed E-state index contributed by atoms with van der Waals surface area (Å²) in [5, 5.41) is 10.0. The third kappa shape index (κ3) is 3.42. The first-order chi connectivity index (χ1) is 13.7. The summed E-state index contributed by atoms with van der Waals surface area (Å²) in [6, 6.07) is 2.90. The Hall–Kier alpha value is -3.40. The molecule has 0 bridgehead atoms. The fraction of sp³-hybridized carbons (Fsp3) is 0.111.